The van der Waals surface area contributed by atoms with Crippen LogP contribution in [0.1, 0.15) is 52.9 Å². The number of nitrogens with one attached hydrogen (secondary N) is 1. The van der Waals surface area contributed by atoms with E-state index in [9.17, 15) is 9.59 Å². The van der Waals surface area contributed by atoms with Crippen molar-refractivity contribution in [1.29, 1.82) is 0 Å². The molecule has 142 valence electrons. The maximum atomic E-state index is 12.6. The fraction of sp³-hybridized carbons (Fsp3) is 0.273. The van der Waals surface area contributed by atoms with Crippen molar-refractivity contribution in [2.75, 3.05) is 5.32 Å². The number of carbonyl (C=O) groups excluding carboxylic acids is 2. The van der Waals surface area contributed by atoms with Gasteiger partial charge in [-0.25, -0.2) is 0 Å². The Morgan fingerprint density at radius 3 is 2.39 bits per heavy atom. The average molecular weight is 375 g/mol. The molecule has 1 aliphatic rings. The molecule has 6 nitrogen and oxygen atoms in total. The molecule has 0 radical (unpaired) electrons. The Hall–Kier alpha value is -3.28. The summed E-state index contributed by atoms with van der Waals surface area (Å²) in [5.41, 5.74) is 2.29. The third-order valence-electron chi connectivity index (χ3n) is 4.83. The standard InChI is InChI=1S/C22H21N3O3/c1-14-24-25-22(28-14)19(15-5-3-2-4-6-15)13-20(26)23-18-11-9-17(10-12-18)21(27)16-7-8-16/h2-6,9-12,16,19H,7-8,13H2,1H3,(H,23,26). The molecular weight excluding hydrogens is 354 g/mol. The number of anilines is 1. The van der Waals surface area contributed by atoms with Crippen LogP contribution in [0.4, 0.5) is 5.69 Å². The zero-order valence-corrected chi connectivity index (χ0v) is 15.6. The van der Waals surface area contributed by atoms with Crippen LogP contribution in [0.15, 0.2) is 59.0 Å². The molecular formula is C22H21N3O3. The predicted molar refractivity (Wildman–Crippen MR) is 104 cm³/mol. The van der Waals surface area contributed by atoms with Crippen LogP contribution in [0.2, 0.25) is 0 Å². The topological polar surface area (TPSA) is 85.1 Å². The molecule has 1 amide bonds. The van der Waals surface area contributed by atoms with Gasteiger partial charge in [0.25, 0.3) is 0 Å². The van der Waals surface area contributed by atoms with Crippen LogP contribution < -0.4 is 5.32 Å². The molecule has 1 atom stereocenters. The van der Waals surface area contributed by atoms with Gasteiger partial charge in [0.1, 0.15) is 0 Å². The number of benzene rings is 2. The van der Waals surface area contributed by atoms with E-state index in [1.54, 1.807) is 31.2 Å². The van der Waals surface area contributed by atoms with E-state index in [4.69, 9.17) is 4.42 Å². The Morgan fingerprint density at radius 2 is 1.79 bits per heavy atom. The quantitative estimate of drug-likeness (QED) is 0.628. The first-order valence-electron chi connectivity index (χ1n) is 9.39. The number of rotatable bonds is 7. The zero-order chi connectivity index (χ0) is 19.5. The van der Waals surface area contributed by atoms with Gasteiger partial charge in [0.05, 0.1) is 5.92 Å². The Labute approximate surface area is 163 Å². The van der Waals surface area contributed by atoms with Crippen LogP contribution in [0.5, 0.6) is 0 Å². The summed E-state index contributed by atoms with van der Waals surface area (Å²) in [7, 11) is 0. The largest absolute Gasteiger partial charge is 0.425 e. The molecule has 1 aliphatic carbocycles. The van der Waals surface area contributed by atoms with Gasteiger partial charge >= 0.3 is 0 Å². The summed E-state index contributed by atoms with van der Waals surface area (Å²) < 4.78 is 5.58. The number of aryl methyl sites for hydroxylation is 1. The summed E-state index contributed by atoms with van der Waals surface area (Å²) in [4.78, 5) is 24.7. The first-order chi connectivity index (χ1) is 13.6. The molecule has 1 heterocycles. The van der Waals surface area contributed by atoms with Crippen LogP contribution in [0.3, 0.4) is 0 Å². The number of hydrogen-bond acceptors (Lipinski definition) is 5. The number of nitrogens with zero attached hydrogens (tertiary/aromatic N) is 2. The lowest BCUT2D eigenvalue weighted by Gasteiger charge is -2.14. The summed E-state index contributed by atoms with van der Waals surface area (Å²) >= 11 is 0. The normalized spacial score (nSPS) is 14.5. The molecule has 0 saturated heterocycles. The highest BCUT2D eigenvalue weighted by Gasteiger charge is 2.30. The van der Waals surface area contributed by atoms with Crippen LogP contribution in [0.25, 0.3) is 0 Å². The Bertz CT molecular complexity index is 976. The van der Waals surface area contributed by atoms with Gasteiger partial charge in [-0.2, -0.15) is 0 Å². The lowest BCUT2D eigenvalue weighted by atomic mass is 9.95. The van der Waals surface area contributed by atoms with Gasteiger partial charge in [-0.15, -0.1) is 10.2 Å². The van der Waals surface area contributed by atoms with E-state index in [0.29, 0.717) is 23.0 Å². The SMILES string of the molecule is Cc1nnc(C(CC(=O)Nc2ccc(C(=O)C3CC3)cc2)c2ccccc2)o1. The number of ketones is 1. The van der Waals surface area contributed by atoms with E-state index in [0.717, 1.165) is 18.4 Å². The van der Waals surface area contributed by atoms with Gasteiger partial charge in [0, 0.05) is 30.5 Å². The van der Waals surface area contributed by atoms with Gasteiger partial charge in [0.2, 0.25) is 17.7 Å². The minimum absolute atomic E-state index is 0.161. The van der Waals surface area contributed by atoms with Crippen molar-refractivity contribution in [3.63, 3.8) is 0 Å². The molecule has 0 bridgehead atoms. The third-order valence-corrected chi connectivity index (χ3v) is 4.83. The minimum Gasteiger partial charge on any atom is -0.425 e. The van der Waals surface area contributed by atoms with Crippen LogP contribution in [-0.4, -0.2) is 21.9 Å². The van der Waals surface area contributed by atoms with Gasteiger partial charge in [-0.05, 0) is 42.7 Å². The summed E-state index contributed by atoms with van der Waals surface area (Å²) in [5.74, 6) is 0.777. The van der Waals surface area contributed by atoms with Crippen molar-refractivity contribution in [2.45, 2.75) is 32.1 Å². The van der Waals surface area contributed by atoms with E-state index >= 15 is 0 Å². The van der Waals surface area contributed by atoms with E-state index < -0.39 is 0 Å². The van der Waals surface area contributed by atoms with Crippen molar-refractivity contribution in [3.05, 3.63) is 77.5 Å². The molecule has 2 aromatic carbocycles. The highest BCUT2D eigenvalue weighted by Crippen LogP contribution is 2.33. The first kappa shape index (κ1) is 18.1. The second kappa shape index (κ2) is 7.76. The van der Waals surface area contributed by atoms with Crippen molar-refractivity contribution in [1.82, 2.24) is 10.2 Å². The fourth-order valence-electron chi connectivity index (χ4n) is 3.18. The zero-order valence-electron chi connectivity index (χ0n) is 15.6. The minimum atomic E-state index is -0.321. The summed E-state index contributed by atoms with van der Waals surface area (Å²) in [6.45, 7) is 1.73. The third kappa shape index (κ3) is 4.17. The Balaban J connectivity index is 1.46. The summed E-state index contributed by atoms with van der Waals surface area (Å²) in [6, 6.07) is 16.7. The Morgan fingerprint density at radius 1 is 1.07 bits per heavy atom. The molecule has 1 unspecified atom stereocenters. The molecule has 0 aliphatic heterocycles. The second-order valence-electron chi connectivity index (χ2n) is 7.09. The maximum Gasteiger partial charge on any atom is 0.225 e. The molecule has 28 heavy (non-hydrogen) atoms. The van der Waals surface area contributed by atoms with Gasteiger partial charge < -0.3 is 9.73 Å². The second-order valence-corrected chi connectivity index (χ2v) is 7.09. The van der Waals surface area contributed by atoms with Crippen molar-refractivity contribution >= 4 is 17.4 Å². The number of aromatic nitrogens is 2. The molecule has 1 fully saturated rings. The van der Waals surface area contributed by atoms with Crippen LogP contribution in [0, 0.1) is 12.8 Å². The lowest BCUT2D eigenvalue weighted by Crippen LogP contribution is -2.17. The number of amides is 1. The number of hydrogen-bond donors (Lipinski definition) is 1. The van der Waals surface area contributed by atoms with Gasteiger partial charge in [-0.1, -0.05) is 30.3 Å². The van der Waals surface area contributed by atoms with E-state index in [1.165, 1.54) is 0 Å². The molecule has 0 spiro atoms. The van der Waals surface area contributed by atoms with E-state index in [2.05, 4.69) is 15.5 Å². The van der Waals surface area contributed by atoms with Crippen LogP contribution in [-0.2, 0) is 4.79 Å². The highest BCUT2D eigenvalue weighted by atomic mass is 16.4. The van der Waals surface area contributed by atoms with Gasteiger partial charge in [-0.3, -0.25) is 9.59 Å². The predicted octanol–water partition coefficient (Wildman–Crippen LogP) is 4.13. The maximum absolute atomic E-state index is 12.6. The van der Waals surface area contributed by atoms with Crippen molar-refractivity contribution in [2.24, 2.45) is 5.92 Å². The van der Waals surface area contributed by atoms with Crippen molar-refractivity contribution in [3.8, 4) is 0 Å². The Kier molecular flexibility index (Phi) is 5.02. The van der Waals surface area contributed by atoms with Gasteiger partial charge in [0.15, 0.2) is 5.78 Å². The van der Waals surface area contributed by atoms with E-state index in [-0.39, 0.29) is 29.9 Å². The monoisotopic (exact) mass is 375 g/mol. The number of Topliss-reactive ketones (excluding diaryl/α,β-unsaturated/α-hetero) is 1. The van der Waals surface area contributed by atoms with E-state index in [1.807, 2.05) is 30.3 Å². The number of carbonyl (C=O) groups is 2. The molecule has 1 aromatic heterocycles. The highest BCUT2D eigenvalue weighted by molar-refractivity contribution is 6.00. The average Bonchev–Trinajstić information content (AvgIpc) is 3.48. The summed E-state index contributed by atoms with van der Waals surface area (Å²) in [5, 5.41) is 10.9. The molecule has 6 heteroatoms. The molecule has 4 rings (SSSR count). The molecule has 1 saturated carbocycles. The van der Waals surface area contributed by atoms with Crippen molar-refractivity contribution < 1.29 is 14.0 Å². The molecule has 3 aromatic rings. The smallest absolute Gasteiger partial charge is 0.225 e. The first-order valence-corrected chi connectivity index (χ1v) is 9.39. The summed E-state index contributed by atoms with van der Waals surface area (Å²) in [6.07, 6.45) is 2.13. The lowest BCUT2D eigenvalue weighted by molar-refractivity contribution is -0.116. The molecule has 1 N–H and O–H groups in total. The van der Waals surface area contributed by atoms with Crippen LogP contribution >= 0.6 is 0 Å². The fourth-order valence-corrected chi connectivity index (χ4v) is 3.18.